The molecule has 0 aliphatic carbocycles. The van der Waals surface area contributed by atoms with Gasteiger partial charge in [-0.15, -0.1) is 0 Å². The van der Waals surface area contributed by atoms with Gasteiger partial charge in [0.2, 0.25) is 0 Å². The Morgan fingerprint density at radius 3 is 2.64 bits per heavy atom. The van der Waals surface area contributed by atoms with E-state index in [9.17, 15) is 4.79 Å². The van der Waals surface area contributed by atoms with Crippen LogP contribution in [0.25, 0.3) is 0 Å². The topological polar surface area (TPSA) is 65.0 Å². The molecule has 0 fully saturated rings. The second-order valence-corrected chi connectivity index (χ2v) is 4.68. The van der Waals surface area contributed by atoms with Crippen molar-refractivity contribution in [1.82, 2.24) is 0 Å². The standard InChI is InChI=1S/C17H24O5/c1-3-21-17(19)6-4-5-16(11-12-18)22-13-14-7-9-15(20-2)10-8-14/h4,6-10,16,18H,3,5,11-13H2,1-2H3/b6-4+. The quantitative estimate of drug-likeness (QED) is 0.531. The molecule has 0 aliphatic rings. The van der Waals surface area contributed by atoms with E-state index >= 15 is 0 Å². The summed E-state index contributed by atoms with van der Waals surface area (Å²) in [7, 11) is 1.62. The van der Waals surface area contributed by atoms with Crippen molar-refractivity contribution in [1.29, 1.82) is 0 Å². The number of aliphatic hydroxyl groups is 1. The van der Waals surface area contributed by atoms with Gasteiger partial charge in [-0.05, 0) is 37.5 Å². The second-order valence-electron chi connectivity index (χ2n) is 4.68. The lowest BCUT2D eigenvalue weighted by Gasteiger charge is -2.15. The van der Waals surface area contributed by atoms with E-state index in [0.717, 1.165) is 11.3 Å². The third kappa shape index (κ3) is 7.24. The largest absolute Gasteiger partial charge is 0.497 e. The molecule has 1 aromatic rings. The minimum Gasteiger partial charge on any atom is -0.497 e. The highest BCUT2D eigenvalue weighted by Gasteiger charge is 2.08. The van der Waals surface area contributed by atoms with Gasteiger partial charge in [-0.3, -0.25) is 0 Å². The van der Waals surface area contributed by atoms with Crippen LogP contribution in [0.1, 0.15) is 25.3 Å². The number of benzene rings is 1. The number of hydrogen-bond donors (Lipinski definition) is 1. The lowest BCUT2D eigenvalue weighted by atomic mass is 10.1. The van der Waals surface area contributed by atoms with Crippen molar-refractivity contribution in [3.63, 3.8) is 0 Å². The molecule has 0 saturated carbocycles. The third-order valence-electron chi connectivity index (χ3n) is 3.04. The molecule has 122 valence electrons. The molecule has 1 unspecified atom stereocenters. The summed E-state index contributed by atoms with van der Waals surface area (Å²) >= 11 is 0. The molecule has 0 amide bonds. The van der Waals surface area contributed by atoms with E-state index in [-0.39, 0.29) is 18.7 Å². The summed E-state index contributed by atoms with van der Waals surface area (Å²) in [5.74, 6) is 0.438. The highest BCUT2D eigenvalue weighted by Crippen LogP contribution is 2.14. The summed E-state index contributed by atoms with van der Waals surface area (Å²) < 4.78 is 15.7. The number of methoxy groups -OCH3 is 1. The van der Waals surface area contributed by atoms with Crippen LogP contribution in [0.4, 0.5) is 0 Å². The first-order chi connectivity index (χ1) is 10.7. The lowest BCUT2D eigenvalue weighted by molar-refractivity contribution is -0.137. The smallest absolute Gasteiger partial charge is 0.330 e. The van der Waals surface area contributed by atoms with Gasteiger partial charge in [-0.25, -0.2) is 4.79 Å². The van der Waals surface area contributed by atoms with E-state index < -0.39 is 0 Å². The van der Waals surface area contributed by atoms with Gasteiger partial charge in [0.15, 0.2) is 0 Å². The highest BCUT2D eigenvalue weighted by atomic mass is 16.5. The van der Waals surface area contributed by atoms with E-state index in [1.807, 2.05) is 24.3 Å². The Kier molecular flexibility index (Phi) is 8.95. The first-order valence-electron chi connectivity index (χ1n) is 7.38. The second kappa shape index (κ2) is 10.8. The molecule has 0 heterocycles. The minimum absolute atomic E-state index is 0.0422. The van der Waals surface area contributed by atoms with Crippen molar-refractivity contribution in [2.24, 2.45) is 0 Å². The molecule has 0 saturated heterocycles. The van der Waals surface area contributed by atoms with Gasteiger partial charge in [0.1, 0.15) is 5.75 Å². The van der Waals surface area contributed by atoms with Crippen LogP contribution in [0, 0.1) is 0 Å². The van der Waals surface area contributed by atoms with Gasteiger partial charge < -0.3 is 19.3 Å². The molecule has 0 radical (unpaired) electrons. The van der Waals surface area contributed by atoms with Crippen LogP contribution in [0.3, 0.4) is 0 Å². The summed E-state index contributed by atoms with van der Waals surface area (Å²) in [6.45, 7) is 2.61. The molecule has 5 heteroatoms. The predicted octanol–water partition coefficient (Wildman–Crippen LogP) is 2.47. The number of hydrogen-bond acceptors (Lipinski definition) is 5. The van der Waals surface area contributed by atoms with Crippen LogP contribution in [0.5, 0.6) is 5.75 Å². The molecule has 0 aliphatic heterocycles. The maximum absolute atomic E-state index is 11.2. The van der Waals surface area contributed by atoms with Gasteiger partial charge in [-0.1, -0.05) is 18.2 Å². The van der Waals surface area contributed by atoms with E-state index in [4.69, 9.17) is 19.3 Å². The number of esters is 1. The molecule has 5 nitrogen and oxygen atoms in total. The predicted molar refractivity (Wildman–Crippen MR) is 83.7 cm³/mol. The number of ether oxygens (including phenoxy) is 3. The first kappa shape index (κ1) is 18.2. The first-order valence-corrected chi connectivity index (χ1v) is 7.38. The molecular formula is C17H24O5. The maximum atomic E-state index is 11.2. The molecular weight excluding hydrogens is 284 g/mol. The van der Waals surface area contributed by atoms with Crippen molar-refractivity contribution in [2.45, 2.75) is 32.5 Å². The average molecular weight is 308 g/mol. The Bertz CT molecular complexity index is 453. The summed E-state index contributed by atoms with van der Waals surface area (Å²) in [5, 5.41) is 9.08. The maximum Gasteiger partial charge on any atom is 0.330 e. The lowest BCUT2D eigenvalue weighted by Crippen LogP contribution is -2.14. The Morgan fingerprint density at radius 2 is 2.05 bits per heavy atom. The van der Waals surface area contributed by atoms with Crippen LogP contribution in [0.2, 0.25) is 0 Å². The van der Waals surface area contributed by atoms with Gasteiger partial charge >= 0.3 is 5.97 Å². The third-order valence-corrected chi connectivity index (χ3v) is 3.04. The van der Waals surface area contributed by atoms with Gasteiger partial charge in [-0.2, -0.15) is 0 Å². The van der Waals surface area contributed by atoms with E-state index in [2.05, 4.69) is 0 Å². The monoisotopic (exact) mass is 308 g/mol. The van der Waals surface area contributed by atoms with Gasteiger partial charge in [0, 0.05) is 12.7 Å². The molecule has 1 atom stereocenters. The van der Waals surface area contributed by atoms with Crippen LogP contribution >= 0.6 is 0 Å². The number of rotatable bonds is 10. The number of aliphatic hydroxyl groups excluding tert-OH is 1. The fourth-order valence-corrected chi connectivity index (χ4v) is 1.86. The summed E-state index contributed by atoms with van der Waals surface area (Å²) in [4.78, 5) is 11.2. The average Bonchev–Trinajstić information content (AvgIpc) is 2.53. The SMILES string of the molecule is CCOC(=O)/C=C/CC(CCO)OCc1ccc(OC)cc1. The Balaban J connectivity index is 2.43. The van der Waals surface area contributed by atoms with Crippen molar-refractivity contribution in [3.05, 3.63) is 42.0 Å². The van der Waals surface area contributed by atoms with E-state index in [0.29, 0.717) is 26.1 Å². The Morgan fingerprint density at radius 1 is 1.32 bits per heavy atom. The van der Waals surface area contributed by atoms with Crippen LogP contribution in [-0.4, -0.2) is 37.5 Å². The normalized spacial score (nSPS) is 12.3. The zero-order valence-corrected chi connectivity index (χ0v) is 13.2. The number of carbonyl (C=O) groups is 1. The molecule has 0 aromatic heterocycles. The Hall–Kier alpha value is -1.85. The van der Waals surface area contributed by atoms with E-state index in [1.54, 1.807) is 20.1 Å². The highest BCUT2D eigenvalue weighted by molar-refractivity contribution is 5.81. The zero-order chi connectivity index (χ0) is 16.2. The van der Waals surface area contributed by atoms with Crippen molar-refractivity contribution < 1.29 is 24.1 Å². The zero-order valence-electron chi connectivity index (χ0n) is 13.2. The van der Waals surface area contributed by atoms with Crippen LogP contribution in [0.15, 0.2) is 36.4 Å². The van der Waals surface area contributed by atoms with E-state index in [1.165, 1.54) is 6.08 Å². The summed E-state index contributed by atoms with van der Waals surface area (Å²) in [5.41, 5.74) is 1.03. The van der Waals surface area contributed by atoms with Crippen molar-refractivity contribution >= 4 is 5.97 Å². The van der Waals surface area contributed by atoms with Crippen molar-refractivity contribution in [3.8, 4) is 5.75 Å². The van der Waals surface area contributed by atoms with Crippen LogP contribution in [-0.2, 0) is 20.9 Å². The molecule has 0 spiro atoms. The molecule has 1 N–H and O–H groups in total. The molecule has 1 rings (SSSR count). The van der Waals surface area contributed by atoms with Gasteiger partial charge in [0.25, 0.3) is 0 Å². The van der Waals surface area contributed by atoms with Gasteiger partial charge in [0.05, 0.1) is 26.4 Å². The fourth-order valence-electron chi connectivity index (χ4n) is 1.86. The summed E-state index contributed by atoms with van der Waals surface area (Å²) in [6.07, 6.45) is 4.04. The fraction of sp³-hybridized carbons (Fsp3) is 0.471. The Labute approximate surface area is 131 Å². The number of carbonyl (C=O) groups excluding carboxylic acids is 1. The van der Waals surface area contributed by atoms with Crippen molar-refractivity contribution in [2.75, 3.05) is 20.3 Å². The molecule has 1 aromatic carbocycles. The minimum atomic E-state index is -0.361. The molecule has 0 bridgehead atoms. The summed E-state index contributed by atoms with van der Waals surface area (Å²) in [6, 6.07) is 7.62. The molecule has 22 heavy (non-hydrogen) atoms. The van der Waals surface area contributed by atoms with Crippen LogP contribution < -0.4 is 4.74 Å².